The van der Waals surface area contributed by atoms with E-state index in [1.54, 1.807) is 0 Å². The summed E-state index contributed by atoms with van der Waals surface area (Å²) in [5.41, 5.74) is 0.200. The quantitative estimate of drug-likeness (QED) is 0.865. The standard InChI is InChI=1S/C15H16Cl2N2O4/c1-18-13(20)8-2-3-12(15(22)23)19(7-8)14(21)9-4-10(16)6-11(17)5-9/h4-6,8,12H,2-3,7H2,1H3,(H,18,20)(H,22,23)/t8-,12-/m0/s1. The highest BCUT2D eigenvalue weighted by Crippen LogP contribution is 2.26. The van der Waals surface area contributed by atoms with E-state index < -0.39 is 23.8 Å². The highest BCUT2D eigenvalue weighted by Gasteiger charge is 2.38. The molecular formula is C15H16Cl2N2O4. The zero-order chi connectivity index (χ0) is 17.1. The van der Waals surface area contributed by atoms with E-state index in [1.807, 2.05) is 0 Å². The normalized spacial score (nSPS) is 20.9. The maximum absolute atomic E-state index is 12.7. The molecule has 0 spiro atoms. The number of carboxylic acids is 1. The van der Waals surface area contributed by atoms with Crippen LogP contribution in [-0.2, 0) is 9.59 Å². The monoisotopic (exact) mass is 358 g/mol. The van der Waals surface area contributed by atoms with Crippen molar-refractivity contribution in [3.05, 3.63) is 33.8 Å². The molecule has 1 aliphatic rings. The number of halogens is 2. The fraction of sp³-hybridized carbons (Fsp3) is 0.400. The van der Waals surface area contributed by atoms with Crippen LogP contribution in [-0.4, -0.2) is 47.4 Å². The van der Waals surface area contributed by atoms with E-state index in [0.717, 1.165) is 0 Å². The van der Waals surface area contributed by atoms with Crippen LogP contribution >= 0.6 is 23.2 Å². The number of rotatable bonds is 3. The third-order valence-electron chi connectivity index (χ3n) is 3.85. The van der Waals surface area contributed by atoms with Crippen molar-refractivity contribution in [1.82, 2.24) is 10.2 Å². The van der Waals surface area contributed by atoms with Crippen molar-refractivity contribution in [2.24, 2.45) is 5.92 Å². The number of carbonyl (C=O) groups is 3. The zero-order valence-corrected chi connectivity index (χ0v) is 13.9. The Morgan fingerprint density at radius 1 is 1.17 bits per heavy atom. The van der Waals surface area contributed by atoms with Crippen molar-refractivity contribution in [1.29, 1.82) is 0 Å². The number of aliphatic carboxylic acids is 1. The van der Waals surface area contributed by atoms with Gasteiger partial charge in [0.25, 0.3) is 5.91 Å². The van der Waals surface area contributed by atoms with Gasteiger partial charge in [0.15, 0.2) is 0 Å². The molecule has 0 saturated carbocycles. The van der Waals surface area contributed by atoms with Crippen molar-refractivity contribution in [3.8, 4) is 0 Å². The molecule has 1 aromatic carbocycles. The molecule has 6 nitrogen and oxygen atoms in total. The molecule has 2 amide bonds. The Morgan fingerprint density at radius 3 is 2.30 bits per heavy atom. The zero-order valence-electron chi connectivity index (χ0n) is 12.4. The van der Waals surface area contributed by atoms with Gasteiger partial charge in [-0.1, -0.05) is 23.2 Å². The lowest BCUT2D eigenvalue weighted by Gasteiger charge is -2.36. The van der Waals surface area contributed by atoms with Crippen LogP contribution in [0.2, 0.25) is 10.0 Å². The SMILES string of the molecule is CNC(=O)[C@H]1CC[C@@H](C(=O)O)N(C(=O)c2cc(Cl)cc(Cl)c2)C1. The smallest absolute Gasteiger partial charge is 0.326 e. The summed E-state index contributed by atoms with van der Waals surface area (Å²) >= 11 is 11.8. The summed E-state index contributed by atoms with van der Waals surface area (Å²) in [6.07, 6.45) is 0.629. The third-order valence-corrected chi connectivity index (χ3v) is 4.29. The van der Waals surface area contributed by atoms with Crippen LogP contribution in [0, 0.1) is 5.92 Å². The molecule has 0 aromatic heterocycles. The number of benzene rings is 1. The summed E-state index contributed by atoms with van der Waals surface area (Å²) in [4.78, 5) is 37.1. The van der Waals surface area contributed by atoms with Gasteiger partial charge in [-0.15, -0.1) is 0 Å². The van der Waals surface area contributed by atoms with Crippen LogP contribution in [0.25, 0.3) is 0 Å². The van der Waals surface area contributed by atoms with Gasteiger partial charge in [-0.25, -0.2) is 4.79 Å². The summed E-state index contributed by atoms with van der Waals surface area (Å²) in [5, 5.41) is 12.4. The fourth-order valence-electron chi connectivity index (χ4n) is 2.71. The third kappa shape index (κ3) is 3.95. The highest BCUT2D eigenvalue weighted by molar-refractivity contribution is 6.35. The van der Waals surface area contributed by atoms with Gasteiger partial charge in [0, 0.05) is 29.2 Å². The van der Waals surface area contributed by atoms with Crippen LogP contribution in [0.3, 0.4) is 0 Å². The number of hydrogen-bond donors (Lipinski definition) is 2. The van der Waals surface area contributed by atoms with Crippen molar-refractivity contribution in [2.75, 3.05) is 13.6 Å². The van der Waals surface area contributed by atoms with Crippen molar-refractivity contribution in [2.45, 2.75) is 18.9 Å². The number of amides is 2. The topological polar surface area (TPSA) is 86.7 Å². The fourth-order valence-corrected chi connectivity index (χ4v) is 3.24. The molecule has 23 heavy (non-hydrogen) atoms. The molecule has 0 aliphatic carbocycles. The number of hydrogen-bond acceptors (Lipinski definition) is 3. The molecule has 8 heteroatoms. The average molecular weight is 359 g/mol. The van der Waals surface area contributed by atoms with Crippen molar-refractivity contribution >= 4 is 41.0 Å². The second-order valence-electron chi connectivity index (χ2n) is 5.36. The van der Waals surface area contributed by atoms with Crippen LogP contribution in [0.15, 0.2) is 18.2 Å². The number of carbonyl (C=O) groups excluding carboxylic acids is 2. The van der Waals surface area contributed by atoms with Gasteiger partial charge in [0.05, 0.1) is 5.92 Å². The van der Waals surface area contributed by atoms with Gasteiger partial charge in [-0.3, -0.25) is 9.59 Å². The molecule has 1 heterocycles. The van der Waals surface area contributed by atoms with E-state index in [4.69, 9.17) is 23.2 Å². The lowest BCUT2D eigenvalue weighted by atomic mass is 9.91. The number of nitrogens with zero attached hydrogens (tertiary/aromatic N) is 1. The number of carboxylic acid groups (broad SMARTS) is 1. The molecule has 2 atom stereocenters. The Hall–Kier alpha value is -1.79. The second kappa shape index (κ2) is 7.19. The van der Waals surface area contributed by atoms with E-state index in [1.165, 1.54) is 30.1 Å². The Labute approximate surface area is 143 Å². The molecule has 124 valence electrons. The first-order valence-corrected chi connectivity index (χ1v) is 7.80. The van der Waals surface area contributed by atoms with Gasteiger partial charge in [-0.2, -0.15) is 0 Å². The van der Waals surface area contributed by atoms with Crippen molar-refractivity contribution in [3.63, 3.8) is 0 Å². The first-order chi connectivity index (χ1) is 10.8. The van der Waals surface area contributed by atoms with Crippen molar-refractivity contribution < 1.29 is 19.5 Å². The summed E-state index contributed by atoms with van der Waals surface area (Å²) < 4.78 is 0. The van der Waals surface area contributed by atoms with Gasteiger partial charge in [0.2, 0.25) is 5.91 Å². The Kier molecular flexibility index (Phi) is 5.49. The molecule has 1 aromatic rings. The van der Waals surface area contributed by atoms with E-state index >= 15 is 0 Å². The van der Waals surface area contributed by atoms with Gasteiger partial charge < -0.3 is 15.3 Å². The molecule has 2 rings (SSSR count). The number of piperidine rings is 1. The second-order valence-corrected chi connectivity index (χ2v) is 6.23. The minimum Gasteiger partial charge on any atom is -0.480 e. The van der Waals surface area contributed by atoms with Gasteiger partial charge in [-0.05, 0) is 31.0 Å². The Morgan fingerprint density at radius 2 is 1.78 bits per heavy atom. The summed E-state index contributed by atoms with van der Waals surface area (Å²) in [6, 6.07) is 3.37. The average Bonchev–Trinajstić information content (AvgIpc) is 2.51. The number of nitrogens with one attached hydrogen (secondary N) is 1. The first kappa shape index (κ1) is 17.6. The van der Waals surface area contributed by atoms with Crippen LogP contribution in [0.1, 0.15) is 23.2 Å². The van der Waals surface area contributed by atoms with E-state index in [0.29, 0.717) is 6.42 Å². The summed E-state index contributed by atoms with van der Waals surface area (Å²) in [7, 11) is 1.51. The minimum atomic E-state index is -1.10. The van der Waals surface area contributed by atoms with Crippen LogP contribution in [0.5, 0.6) is 0 Å². The maximum Gasteiger partial charge on any atom is 0.326 e. The Balaban J connectivity index is 2.31. The molecule has 1 aliphatic heterocycles. The Bertz CT molecular complexity index is 630. The van der Waals surface area contributed by atoms with E-state index in [9.17, 15) is 19.5 Å². The molecule has 1 saturated heterocycles. The van der Waals surface area contributed by atoms with Gasteiger partial charge in [0.1, 0.15) is 6.04 Å². The molecule has 0 bridgehead atoms. The first-order valence-electron chi connectivity index (χ1n) is 7.05. The van der Waals surface area contributed by atoms with Crippen LogP contribution in [0.4, 0.5) is 0 Å². The predicted molar refractivity (Wildman–Crippen MR) is 85.7 cm³/mol. The molecule has 2 N–H and O–H groups in total. The maximum atomic E-state index is 12.7. The lowest BCUT2D eigenvalue weighted by molar-refractivity contribution is -0.145. The predicted octanol–water partition coefficient (Wildman–Crippen LogP) is 2.04. The molecule has 0 unspecified atom stereocenters. The molecule has 0 radical (unpaired) electrons. The molecular weight excluding hydrogens is 343 g/mol. The summed E-state index contributed by atoms with van der Waals surface area (Å²) in [5.74, 6) is -2.25. The largest absolute Gasteiger partial charge is 0.480 e. The molecule has 1 fully saturated rings. The highest BCUT2D eigenvalue weighted by atomic mass is 35.5. The number of likely N-dealkylation sites (tertiary alicyclic amines) is 1. The lowest BCUT2D eigenvalue weighted by Crippen LogP contribution is -2.53. The van der Waals surface area contributed by atoms with Crippen LogP contribution < -0.4 is 5.32 Å². The van der Waals surface area contributed by atoms with Gasteiger partial charge >= 0.3 is 5.97 Å². The van der Waals surface area contributed by atoms with E-state index in [-0.39, 0.29) is 34.5 Å². The summed E-state index contributed by atoms with van der Waals surface area (Å²) in [6.45, 7) is 0.0413. The minimum absolute atomic E-state index is 0.0413. The van der Waals surface area contributed by atoms with E-state index in [2.05, 4.69) is 5.32 Å².